The number of anilines is 2. The average Bonchev–Trinajstić information content (AvgIpc) is 2.61. The van der Waals surface area contributed by atoms with Crippen LogP contribution in [0, 0.1) is 6.92 Å². The van der Waals surface area contributed by atoms with Crippen LogP contribution >= 0.6 is 0 Å². The monoisotopic (exact) mass is 337 g/mol. The molecule has 0 saturated carbocycles. The summed E-state index contributed by atoms with van der Waals surface area (Å²) in [5.74, 6) is 2.11. The number of ether oxygens (including phenoxy) is 3. The predicted octanol–water partition coefficient (Wildman–Crippen LogP) is 3.47. The third-order valence-corrected chi connectivity index (χ3v) is 4.05. The topological polar surface area (TPSA) is 65.5 Å². The normalized spacial score (nSPS) is 16.0. The smallest absolute Gasteiger partial charge is 0.163 e. The van der Waals surface area contributed by atoms with Gasteiger partial charge in [0.05, 0.1) is 12.1 Å². The van der Waals surface area contributed by atoms with Gasteiger partial charge in [-0.05, 0) is 30.7 Å². The Morgan fingerprint density at radius 1 is 1.20 bits per heavy atom. The van der Waals surface area contributed by atoms with E-state index in [0.717, 1.165) is 22.4 Å². The zero-order chi connectivity index (χ0) is 17.2. The molecule has 0 spiro atoms. The van der Waals surface area contributed by atoms with E-state index in [0.29, 0.717) is 24.7 Å². The van der Waals surface area contributed by atoms with Crippen molar-refractivity contribution in [1.29, 1.82) is 0 Å². The SMILES string of the molecule is COCC1COc2cc3ncnc(Nc4cccc(C)c4)c3cc2O1. The molecular formula is C19H19N3O3. The molecule has 1 aliphatic rings. The van der Waals surface area contributed by atoms with Crippen LogP contribution in [0.2, 0.25) is 0 Å². The second-order valence-corrected chi connectivity index (χ2v) is 6.04. The van der Waals surface area contributed by atoms with Crippen LogP contribution in [-0.4, -0.2) is 36.4 Å². The Balaban J connectivity index is 1.72. The molecule has 6 heteroatoms. The Kier molecular flexibility index (Phi) is 4.11. The molecule has 2 aromatic carbocycles. The first kappa shape index (κ1) is 15.7. The van der Waals surface area contributed by atoms with Crippen LogP contribution in [0.25, 0.3) is 10.9 Å². The highest BCUT2D eigenvalue weighted by atomic mass is 16.6. The van der Waals surface area contributed by atoms with Crippen molar-refractivity contribution >= 4 is 22.4 Å². The highest BCUT2D eigenvalue weighted by Gasteiger charge is 2.22. The molecule has 0 bridgehead atoms. The van der Waals surface area contributed by atoms with E-state index in [4.69, 9.17) is 14.2 Å². The van der Waals surface area contributed by atoms with Gasteiger partial charge in [0, 0.05) is 24.2 Å². The third-order valence-electron chi connectivity index (χ3n) is 4.05. The number of nitrogens with one attached hydrogen (secondary N) is 1. The molecule has 0 amide bonds. The zero-order valence-corrected chi connectivity index (χ0v) is 14.2. The lowest BCUT2D eigenvalue weighted by Crippen LogP contribution is -2.32. The minimum Gasteiger partial charge on any atom is -0.486 e. The van der Waals surface area contributed by atoms with Gasteiger partial charge >= 0.3 is 0 Å². The molecule has 1 aromatic heterocycles. The minimum atomic E-state index is -0.118. The molecule has 2 heterocycles. The molecule has 1 atom stereocenters. The fourth-order valence-corrected chi connectivity index (χ4v) is 2.89. The number of hydrogen-bond donors (Lipinski definition) is 1. The van der Waals surface area contributed by atoms with Gasteiger partial charge in [-0.3, -0.25) is 0 Å². The largest absolute Gasteiger partial charge is 0.486 e. The van der Waals surface area contributed by atoms with Gasteiger partial charge in [-0.15, -0.1) is 0 Å². The van der Waals surface area contributed by atoms with E-state index in [1.807, 2.05) is 24.3 Å². The van der Waals surface area contributed by atoms with Crippen LogP contribution < -0.4 is 14.8 Å². The van der Waals surface area contributed by atoms with Gasteiger partial charge in [0.1, 0.15) is 18.8 Å². The Labute approximate surface area is 145 Å². The van der Waals surface area contributed by atoms with Crippen molar-refractivity contribution in [3.8, 4) is 11.5 Å². The predicted molar refractivity (Wildman–Crippen MR) is 95.8 cm³/mol. The number of nitrogens with zero attached hydrogens (tertiary/aromatic N) is 2. The second-order valence-electron chi connectivity index (χ2n) is 6.04. The van der Waals surface area contributed by atoms with Crippen molar-refractivity contribution in [3.63, 3.8) is 0 Å². The van der Waals surface area contributed by atoms with E-state index in [2.05, 4.69) is 34.3 Å². The summed E-state index contributed by atoms with van der Waals surface area (Å²) in [6.07, 6.45) is 1.43. The molecule has 128 valence electrons. The van der Waals surface area contributed by atoms with Gasteiger partial charge in [0.25, 0.3) is 0 Å². The number of methoxy groups -OCH3 is 1. The first-order valence-electron chi connectivity index (χ1n) is 8.14. The maximum Gasteiger partial charge on any atom is 0.163 e. The van der Waals surface area contributed by atoms with Gasteiger partial charge in [0.2, 0.25) is 0 Å². The number of hydrogen-bond acceptors (Lipinski definition) is 6. The van der Waals surface area contributed by atoms with Gasteiger partial charge in [-0.2, -0.15) is 0 Å². The van der Waals surface area contributed by atoms with Crippen LogP contribution in [0.5, 0.6) is 11.5 Å². The highest BCUT2D eigenvalue weighted by molar-refractivity contribution is 5.93. The van der Waals surface area contributed by atoms with Gasteiger partial charge in [-0.1, -0.05) is 12.1 Å². The lowest BCUT2D eigenvalue weighted by atomic mass is 10.1. The lowest BCUT2D eigenvalue weighted by Gasteiger charge is -2.26. The number of benzene rings is 2. The van der Waals surface area contributed by atoms with Crippen LogP contribution in [0.4, 0.5) is 11.5 Å². The molecule has 4 rings (SSSR count). The van der Waals surface area contributed by atoms with Crippen molar-refractivity contribution in [1.82, 2.24) is 9.97 Å². The van der Waals surface area contributed by atoms with E-state index < -0.39 is 0 Å². The molecule has 3 aromatic rings. The van der Waals surface area contributed by atoms with E-state index in [1.165, 1.54) is 5.56 Å². The first-order chi connectivity index (χ1) is 12.2. The summed E-state index contributed by atoms with van der Waals surface area (Å²) in [4.78, 5) is 8.75. The van der Waals surface area contributed by atoms with Crippen LogP contribution in [0.15, 0.2) is 42.7 Å². The van der Waals surface area contributed by atoms with Gasteiger partial charge < -0.3 is 19.5 Å². The average molecular weight is 337 g/mol. The van der Waals surface area contributed by atoms with Crippen LogP contribution in [-0.2, 0) is 4.74 Å². The lowest BCUT2D eigenvalue weighted by molar-refractivity contribution is 0.0274. The molecule has 1 N–H and O–H groups in total. The summed E-state index contributed by atoms with van der Waals surface area (Å²) in [6, 6.07) is 11.9. The fourth-order valence-electron chi connectivity index (χ4n) is 2.89. The second kappa shape index (κ2) is 6.57. The standard InChI is InChI=1S/C19H19N3O3/c1-12-4-3-5-13(6-12)22-19-15-7-18-17(8-16(15)20-11-21-19)24-10-14(25-18)9-23-2/h3-8,11,14H,9-10H2,1-2H3,(H,20,21,22). The van der Waals surface area contributed by atoms with Crippen molar-refractivity contribution in [3.05, 3.63) is 48.3 Å². The third kappa shape index (κ3) is 3.21. The summed E-state index contributed by atoms with van der Waals surface area (Å²) in [5, 5.41) is 4.24. The molecule has 1 aliphatic heterocycles. The molecule has 0 aliphatic carbocycles. The minimum absolute atomic E-state index is 0.118. The Bertz CT molecular complexity index is 914. The van der Waals surface area contributed by atoms with E-state index in [-0.39, 0.29) is 6.10 Å². The summed E-state index contributed by atoms with van der Waals surface area (Å²) < 4.78 is 16.9. The Morgan fingerprint density at radius 3 is 2.96 bits per heavy atom. The maximum absolute atomic E-state index is 5.97. The van der Waals surface area contributed by atoms with Gasteiger partial charge in [0.15, 0.2) is 17.6 Å². The van der Waals surface area contributed by atoms with Crippen molar-refractivity contribution in [2.75, 3.05) is 25.6 Å². The van der Waals surface area contributed by atoms with Crippen molar-refractivity contribution in [2.45, 2.75) is 13.0 Å². The quantitative estimate of drug-likeness (QED) is 0.786. The summed E-state index contributed by atoms with van der Waals surface area (Å²) in [5.41, 5.74) is 2.96. The van der Waals surface area contributed by atoms with Gasteiger partial charge in [-0.25, -0.2) is 9.97 Å². The summed E-state index contributed by atoms with van der Waals surface area (Å²) in [7, 11) is 1.65. The molecule has 6 nitrogen and oxygen atoms in total. The first-order valence-corrected chi connectivity index (χ1v) is 8.14. The van der Waals surface area contributed by atoms with Crippen LogP contribution in [0.1, 0.15) is 5.56 Å². The number of aryl methyl sites for hydroxylation is 1. The van der Waals surface area contributed by atoms with Crippen molar-refractivity contribution in [2.24, 2.45) is 0 Å². The molecule has 0 saturated heterocycles. The van der Waals surface area contributed by atoms with E-state index in [9.17, 15) is 0 Å². The molecular weight excluding hydrogens is 318 g/mol. The number of rotatable bonds is 4. The molecule has 0 fully saturated rings. The molecule has 1 unspecified atom stereocenters. The highest BCUT2D eigenvalue weighted by Crippen LogP contribution is 2.37. The fraction of sp³-hybridized carbons (Fsp3) is 0.263. The molecule has 25 heavy (non-hydrogen) atoms. The van der Waals surface area contributed by atoms with E-state index >= 15 is 0 Å². The number of aromatic nitrogens is 2. The molecule has 0 radical (unpaired) electrons. The van der Waals surface area contributed by atoms with Crippen molar-refractivity contribution < 1.29 is 14.2 Å². The summed E-state index contributed by atoms with van der Waals surface area (Å²) >= 11 is 0. The Morgan fingerprint density at radius 2 is 2.12 bits per heavy atom. The Hall–Kier alpha value is -2.86. The number of fused-ring (bicyclic) bond motifs is 2. The van der Waals surface area contributed by atoms with E-state index in [1.54, 1.807) is 13.4 Å². The van der Waals surface area contributed by atoms with Crippen LogP contribution in [0.3, 0.4) is 0 Å². The maximum atomic E-state index is 5.97. The zero-order valence-electron chi connectivity index (χ0n) is 14.2. The summed E-state index contributed by atoms with van der Waals surface area (Å²) in [6.45, 7) is 3.00.